The molecular weight excluding hydrogens is 369 g/mol. The molecule has 0 aliphatic carbocycles. The van der Waals surface area contributed by atoms with Gasteiger partial charge in [-0.15, -0.1) is 24.8 Å². The Morgan fingerprint density at radius 1 is 1.27 bits per heavy atom. The Balaban J connectivity index is 0.00000312. The Hall–Kier alpha value is -0.810. The first-order chi connectivity index (χ1) is 11.5. The first kappa shape index (κ1) is 25.2. The molecule has 2 unspecified atom stereocenters. The number of nitrogens with zero attached hydrogens (tertiary/aromatic N) is 2. The molecule has 2 rings (SSSR count). The number of hydrogen-bond donors (Lipinski definition) is 1. The van der Waals surface area contributed by atoms with Crippen molar-refractivity contribution in [1.82, 2.24) is 9.80 Å². The van der Waals surface area contributed by atoms with Crippen molar-refractivity contribution in [3.8, 4) is 0 Å². The van der Waals surface area contributed by atoms with E-state index in [-0.39, 0.29) is 42.7 Å². The van der Waals surface area contributed by atoms with Crippen molar-refractivity contribution in [2.45, 2.75) is 45.7 Å². The zero-order valence-corrected chi connectivity index (χ0v) is 17.9. The predicted molar refractivity (Wildman–Crippen MR) is 114 cm³/mol. The molecule has 0 radical (unpaired) electrons. The molecule has 0 spiro atoms. The van der Waals surface area contributed by atoms with Crippen LogP contribution in [0.2, 0.25) is 0 Å². The number of likely N-dealkylation sites (tertiary alicyclic amines) is 1. The lowest BCUT2D eigenvalue weighted by molar-refractivity contribution is -0.136. The highest BCUT2D eigenvalue weighted by Crippen LogP contribution is 2.20. The molecule has 0 aromatic heterocycles. The van der Waals surface area contributed by atoms with Crippen molar-refractivity contribution in [1.29, 1.82) is 0 Å². The topological polar surface area (TPSA) is 49.6 Å². The molecule has 1 aromatic rings. The third kappa shape index (κ3) is 7.83. The van der Waals surface area contributed by atoms with Gasteiger partial charge in [-0.3, -0.25) is 9.69 Å². The summed E-state index contributed by atoms with van der Waals surface area (Å²) in [6.45, 7) is 7.92. The van der Waals surface area contributed by atoms with Crippen molar-refractivity contribution in [3.63, 3.8) is 0 Å². The summed E-state index contributed by atoms with van der Waals surface area (Å²) in [5.41, 5.74) is 7.43. The molecule has 1 fully saturated rings. The van der Waals surface area contributed by atoms with E-state index in [2.05, 4.69) is 43.0 Å². The van der Waals surface area contributed by atoms with Crippen LogP contribution in [0.4, 0.5) is 0 Å². The number of carbonyl (C=O) groups excluding carboxylic acids is 1. The first-order valence-corrected chi connectivity index (χ1v) is 9.24. The van der Waals surface area contributed by atoms with Crippen LogP contribution in [0.25, 0.3) is 0 Å². The van der Waals surface area contributed by atoms with Gasteiger partial charge in [0.25, 0.3) is 0 Å². The lowest BCUT2D eigenvalue weighted by Gasteiger charge is -2.34. The van der Waals surface area contributed by atoms with Crippen LogP contribution in [-0.4, -0.2) is 48.4 Å². The van der Waals surface area contributed by atoms with Crippen LogP contribution in [0.5, 0.6) is 0 Å². The molecule has 2 N–H and O–H groups in total. The zero-order chi connectivity index (χ0) is 17.5. The van der Waals surface area contributed by atoms with E-state index in [1.807, 2.05) is 18.0 Å². The van der Waals surface area contributed by atoms with Crippen molar-refractivity contribution in [3.05, 3.63) is 35.9 Å². The molecule has 2 atom stereocenters. The van der Waals surface area contributed by atoms with E-state index in [1.165, 1.54) is 5.56 Å². The number of amides is 1. The Labute approximate surface area is 171 Å². The first-order valence-electron chi connectivity index (χ1n) is 9.24. The smallest absolute Gasteiger partial charge is 0.226 e. The number of piperidine rings is 1. The summed E-state index contributed by atoms with van der Waals surface area (Å²) in [4.78, 5) is 17.0. The molecule has 1 heterocycles. The summed E-state index contributed by atoms with van der Waals surface area (Å²) in [5, 5.41) is 0. The molecule has 150 valence electrons. The fourth-order valence-electron chi connectivity index (χ4n) is 3.34. The third-order valence-corrected chi connectivity index (χ3v) is 5.13. The number of nitrogens with two attached hydrogens (primary N) is 1. The van der Waals surface area contributed by atoms with E-state index < -0.39 is 0 Å². The fourth-order valence-corrected chi connectivity index (χ4v) is 3.34. The zero-order valence-electron chi connectivity index (χ0n) is 16.3. The summed E-state index contributed by atoms with van der Waals surface area (Å²) in [6, 6.07) is 10.7. The van der Waals surface area contributed by atoms with E-state index in [0.717, 1.165) is 45.4 Å². The monoisotopic (exact) mass is 403 g/mol. The average molecular weight is 404 g/mol. The SMILES string of the molecule is CC(C)C(N)CCN(C)C(=O)C1CCCN(Cc2ccccc2)C1.Cl.Cl. The lowest BCUT2D eigenvalue weighted by Crippen LogP contribution is -2.44. The minimum Gasteiger partial charge on any atom is -0.345 e. The van der Waals surface area contributed by atoms with Gasteiger partial charge < -0.3 is 10.6 Å². The Morgan fingerprint density at radius 3 is 2.54 bits per heavy atom. The maximum absolute atomic E-state index is 12.7. The summed E-state index contributed by atoms with van der Waals surface area (Å²) in [6.07, 6.45) is 2.98. The van der Waals surface area contributed by atoms with Gasteiger partial charge in [-0.2, -0.15) is 0 Å². The van der Waals surface area contributed by atoms with Gasteiger partial charge in [0, 0.05) is 32.7 Å². The number of rotatable bonds is 7. The van der Waals surface area contributed by atoms with Crippen molar-refractivity contribution in [2.24, 2.45) is 17.6 Å². The highest BCUT2D eigenvalue weighted by atomic mass is 35.5. The summed E-state index contributed by atoms with van der Waals surface area (Å²) >= 11 is 0. The Kier molecular flexibility index (Phi) is 12.2. The Bertz CT molecular complexity index is 513. The van der Waals surface area contributed by atoms with Crippen LogP contribution in [0.1, 0.15) is 38.7 Å². The molecule has 1 saturated heterocycles. The molecule has 26 heavy (non-hydrogen) atoms. The minimum absolute atomic E-state index is 0. The predicted octanol–water partition coefficient (Wildman–Crippen LogP) is 3.57. The van der Waals surface area contributed by atoms with Gasteiger partial charge in [0.1, 0.15) is 0 Å². The summed E-state index contributed by atoms with van der Waals surface area (Å²) < 4.78 is 0. The third-order valence-electron chi connectivity index (χ3n) is 5.13. The van der Waals surface area contributed by atoms with Gasteiger partial charge in [-0.25, -0.2) is 0 Å². The second-order valence-electron chi connectivity index (χ2n) is 7.52. The second kappa shape index (κ2) is 12.6. The average Bonchev–Trinajstić information content (AvgIpc) is 2.59. The van der Waals surface area contributed by atoms with Crippen LogP contribution >= 0.6 is 24.8 Å². The van der Waals surface area contributed by atoms with Gasteiger partial charge in [-0.1, -0.05) is 44.2 Å². The number of halogens is 2. The molecule has 4 nitrogen and oxygen atoms in total. The largest absolute Gasteiger partial charge is 0.345 e. The molecule has 1 aliphatic heterocycles. The van der Waals surface area contributed by atoms with Crippen LogP contribution in [0.15, 0.2) is 30.3 Å². The standard InChI is InChI=1S/C20H33N3O.2ClH/c1-16(2)19(21)11-13-22(3)20(24)18-10-7-12-23(15-18)14-17-8-5-4-6-9-17;;/h4-6,8-9,16,18-19H,7,10-15,21H2,1-3H3;2*1H. The van der Waals surface area contributed by atoms with Gasteiger partial charge in [-0.05, 0) is 37.3 Å². The molecule has 1 aliphatic rings. The molecular formula is C20H35Cl2N3O. The van der Waals surface area contributed by atoms with Gasteiger partial charge >= 0.3 is 0 Å². The molecule has 1 aromatic carbocycles. The van der Waals surface area contributed by atoms with E-state index >= 15 is 0 Å². The quantitative estimate of drug-likeness (QED) is 0.756. The molecule has 0 bridgehead atoms. The van der Waals surface area contributed by atoms with E-state index in [9.17, 15) is 4.79 Å². The van der Waals surface area contributed by atoms with Gasteiger partial charge in [0.2, 0.25) is 5.91 Å². The highest BCUT2D eigenvalue weighted by Gasteiger charge is 2.28. The van der Waals surface area contributed by atoms with Crippen molar-refractivity contribution < 1.29 is 4.79 Å². The summed E-state index contributed by atoms with van der Waals surface area (Å²) in [5.74, 6) is 0.871. The second-order valence-corrected chi connectivity index (χ2v) is 7.52. The maximum atomic E-state index is 12.7. The van der Waals surface area contributed by atoms with Crippen LogP contribution in [0, 0.1) is 11.8 Å². The van der Waals surface area contributed by atoms with E-state index in [1.54, 1.807) is 0 Å². The van der Waals surface area contributed by atoms with Crippen LogP contribution < -0.4 is 5.73 Å². The number of carbonyl (C=O) groups is 1. The van der Waals surface area contributed by atoms with Crippen LogP contribution in [-0.2, 0) is 11.3 Å². The number of hydrogen-bond acceptors (Lipinski definition) is 3. The molecule has 0 saturated carbocycles. The van der Waals surface area contributed by atoms with Gasteiger partial charge in [0.05, 0.1) is 5.92 Å². The van der Waals surface area contributed by atoms with Gasteiger partial charge in [0.15, 0.2) is 0 Å². The van der Waals surface area contributed by atoms with E-state index in [0.29, 0.717) is 5.92 Å². The fraction of sp³-hybridized carbons (Fsp3) is 0.650. The van der Waals surface area contributed by atoms with E-state index in [4.69, 9.17) is 5.73 Å². The molecule has 6 heteroatoms. The van der Waals surface area contributed by atoms with Crippen molar-refractivity contribution >= 4 is 30.7 Å². The summed E-state index contributed by atoms with van der Waals surface area (Å²) in [7, 11) is 1.92. The van der Waals surface area contributed by atoms with Crippen LogP contribution in [0.3, 0.4) is 0 Å². The maximum Gasteiger partial charge on any atom is 0.226 e. The lowest BCUT2D eigenvalue weighted by atomic mass is 9.95. The minimum atomic E-state index is 0. The normalized spacial score (nSPS) is 18.6. The Morgan fingerprint density at radius 2 is 1.92 bits per heavy atom. The highest BCUT2D eigenvalue weighted by molar-refractivity contribution is 5.85. The molecule has 1 amide bonds. The van der Waals surface area contributed by atoms with Crippen molar-refractivity contribution in [2.75, 3.05) is 26.7 Å². The number of benzene rings is 1.